The van der Waals surface area contributed by atoms with Gasteiger partial charge in [-0.1, -0.05) is 11.8 Å². The number of alkyl halides is 2. The first-order chi connectivity index (χ1) is 11.6. The largest absolute Gasteiger partial charge is 0.495 e. The van der Waals surface area contributed by atoms with Crippen LogP contribution in [0.2, 0.25) is 0 Å². The maximum Gasteiger partial charge on any atom is 0.387 e. The van der Waals surface area contributed by atoms with Crippen molar-refractivity contribution in [3.63, 3.8) is 0 Å². The van der Waals surface area contributed by atoms with E-state index in [0.29, 0.717) is 16.4 Å². The number of imidazole rings is 1. The molecule has 0 unspecified atom stereocenters. The van der Waals surface area contributed by atoms with Crippen molar-refractivity contribution in [1.29, 1.82) is 0 Å². The van der Waals surface area contributed by atoms with Gasteiger partial charge in [0.05, 0.1) is 23.8 Å². The van der Waals surface area contributed by atoms with E-state index < -0.39 is 6.61 Å². The highest BCUT2D eigenvalue weighted by Gasteiger charge is 2.11. The van der Waals surface area contributed by atoms with Crippen molar-refractivity contribution in [1.82, 2.24) is 15.0 Å². The van der Waals surface area contributed by atoms with E-state index in [2.05, 4.69) is 19.7 Å². The highest BCUT2D eigenvalue weighted by Crippen LogP contribution is 2.29. The molecule has 0 amide bonds. The van der Waals surface area contributed by atoms with Crippen molar-refractivity contribution in [3.05, 3.63) is 41.7 Å². The molecule has 0 radical (unpaired) electrons. The van der Waals surface area contributed by atoms with Crippen LogP contribution in [0.15, 0.2) is 35.6 Å². The SMILES string of the molecule is COc1c(C)ccnc1CSc1nc2cc(OC(F)F)ccc2[nH]1. The molecule has 0 aliphatic heterocycles. The van der Waals surface area contributed by atoms with E-state index >= 15 is 0 Å². The van der Waals surface area contributed by atoms with E-state index in [4.69, 9.17) is 4.74 Å². The van der Waals surface area contributed by atoms with Gasteiger partial charge in [-0.15, -0.1) is 0 Å². The van der Waals surface area contributed by atoms with Gasteiger partial charge in [0.25, 0.3) is 0 Å². The molecule has 0 aliphatic carbocycles. The number of thioether (sulfide) groups is 1. The second kappa shape index (κ2) is 7.04. The number of nitrogens with one attached hydrogen (secondary N) is 1. The molecule has 1 aromatic carbocycles. The van der Waals surface area contributed by atoms with Gasteiger partial charge in [-0.2, -0.15) is 8.78 Å². The Morgan fingerprint density at radius 3 is 2.88 bits per heavy atom. The molecule has 0 atom stereocenters. The minimum absolute atomic E-state index is 0.0857. The van der Waals surface area contributed by atoms with Crippen LogP contribution >= 0.6 is 11.8 Å². The normalized spacial score (nSPS) is 11.2. The molecule has 3 rings (SSSR count). The van der Waals surface area contributed by atoms with Crippen LogP contribution in [0.25, 0.3) is 11.0 Å². The van der Waals surface area contributed by atoms with Gasteiger partial charge in [0, 0.05) is 18.0 Å². The van der Waals surface area contributed by atoms with Crippen LogP contribution < -0.4 is 9.47 Å². The minimum atomic E-state index is -2.85. The van der Waals surface area contributed by atoms with E-state index in [-0.39, 0.29) is 5.75 Å². The number of aromatic amines is 1. The molecule has 8 heteroatoms. The predicted octanol–water partition coefficient (Wildman–Crippen LogP) is 4.17. The zero-order valence-corrected chi connectivity index (χ0v) is 13.9. The molecule has 2 aromatic heterocycles. The lowest BCUT2D eigenvalue weighted by Crippen LogP contribution is -2.01. The molecule has 2 heterocycles. The van der Waals surface area contributed by atoms with Crippen LogP contribution in [0.1, 0.15) is 11.3 Å². The molecule has 0 aliphatic rings. The zero-order valence-electron chi connectivity index (χ0n) is 13.0. The smallest absolute Gasteiger partial charge is 0.387 e. The van der Waals surface area contributed by atoms with Gasteiger partial charge in [0.2, 0.25) is 0 Å². The fourth-order valence-corrected chi connectivity index (χ4v) is 3.15. The summed E-state index contributed by atoms with van der Waals surface area (Å²) in [4.78, 5) is 11.9. The molecule has 0 saturated heterocycles. The van der Waals surface area contributed by atoms with Crippen LogP contribution in [-0.2, 0) is 5.75 Å². The third kappa shape index (κ3) is 3.59. The number of nitrogens with zero attached hydrogens (tertiary/aromatic N) is 2. The Kier molecular flexibility index (Phi) is 4.84. The summed E-state index contributed by atoms with van der Waals surface area (Å²) >= 11 is 1.46. The number of ether oxygens (including phenoxy) is 2. The average molecular weight is 351 g/mol. The highest BCUT2D eigenvalue weighted by atomic mass is 32.2. The third-order valence-electron chi connectivity index (χ3n) is 3.38. The lowest BCUT2D eigenvalue weighted by molar-refractivity contribution is -0.0497. The Labute approximate surface area is 141 Å². The number of aryl methyl sites for hydroxylation is 1. The molecule has 0 fully saturated rings. The molecule has 0 spiro atoms. The second-order valence-corrected chi connectivity index (χ2v) is 5.96. The van der Waals surface area contributed by atoms with Gasteiger partial charge >= 0.3 is 6.61 Å². The van der Waals surface area contributed by atoms with E-state index in [1.165, 1.54) is 23.9 Å². The van der Waals surface area contributed by atoms with Crippen LogP contribution in [0.3, 0.4) is 0 Å². The number of benzene rings is 1. The molecule has 5 nitrogen and oxygen atoms in total. The topological polar surface area (TPSA) is 60.0 Å². The maximum absolute atomic E-state index is 12.3. The first-order valence-corrected chi connectivity index (χ1v) is 8.11. The van der Waals surface area contributed by atoms with Gasteiger partial charge in [-0.25, -0.2) is 4.98 Å². The van der Waals surface area contributed by atoms with E-state index in [1.807, 2.05) is 13.0 Å². The van der Waals surface area contributed by atoms with E-state index in [1.54, 1.807) is 19.4 Å². The zero-order chi connectivity index (χ0) is 17.1. The van der Waals surface area contributed by atoms with Crippen molar-refractivity contribution >= 4 is 22.8 Å². The van der Waals surface area contributed by atoms with Crippen LogP contribution in [0.5, 0.6) is 11.5 Å². The number of rotatable bonds is 6. The van der Waals surface area contributed by atoms with E-state index in [9.17, 15) is 8.78 Å². The molecular weight excluding hydrogens is 336 g/mol. The number of halogens is 2. The summed E-state index contributed by atoms with van der Waals surface area (Å²) in [7, 11) is 1.61. The summed E-state index contributed by atoms with van der Waals surface area (Å²) in [6.07, 6.45) is 1.74. The van der Waals surface area contributed by atoms with Crippen molar-refractivity contribution in [2.24, 2.45) is 0 Å². The second-order valence-electron chi connectivity index (χ2n) is 5.00. The van der Waals surface area contributed by atoms with Crippen LogP contribution in [0, 0.1) is 6.92 Å². The Hall–Kier alpha value is -2.35. The summed E-state index contributed by atoms with van der Waals surface area (Å²) < 4.78 is 34.3. The number of fused-ring (bicyclic) bond motifs is 1. The van der Waals surface area contributed by atoms with E-state index in [0.717, 1.165) is 22.5 Å². The lowest BCUT2D eigenvalue weighted by atomic mass is 10.2. The molecule has 0 bridgehead atoms. The summed E-state index contributed by atoms with van der Waals surface area (Å²) in [5, 5.41) is 0.671. The van der Waals surface area contributed by atoms with Crippen molar-refractivity contribution < 1.29 is 18.3 Å². The summed E-state index contributed by atoms with van der Waals surface area (Å²) in [6, 6.07) is 6.51. The van der Waals surface area contributed by atoms with Crippen molar-refractivity contribution in [2.45, 2.75) is 24.4 Å². The predicted molar refractivity (Wildman–Crippen MR) is 87.8 cm³/mol. The summed E-state index contributed by atoms with van der Waals surface area (Å²) in [6.45, 7) is -0.893. The standard InChI is InChI=1S/C16H15F2N3O2S/c1-9-5-6-19-13(14(9)22-2)8-24-16-20-11-4-3-10(23-15(17)18)7-12(11)21-16/h3-7,15H,8H2,1-2H3,(H,20,21). The van der Waals surface area contributed by atoms with Crippen molar-refractivity contribution in [2.75, 3.05) is 7.11 Å². The molecule has 0 saturated carbocycles. The number of H-pyrrole nitrogens is 1. The summed E-state index contributed by atoms with van der Waals surface area (Å²) in [5.74, 6) is 1.42. The van der Waals surface area contributed by atoms with Gasteiger partial charge in [0.15, 0.2) is 5.16 Å². The fraction of sp³-hybridized carbons (Fsp3) is 0.250. The Bertz CT molecular complexity index is 854. The van der Waals surface area contributed by atoms with Crippen LogP contribution in [-0.4, -0.2) is 28.7 Å². The lowest BCUT2D eigenvalue weighted by Gasteiger charge is -2.08. The number of pyridine rings is 1. The Morgan fingerprint density at radius 2 is 2.12 bits per heavy atom. The number of methoxy groups -OCH3 is 1. The first kappa shape index (κ1) is 16.5. The van der Waals surface area contributed by atoms with Gasteiger partial charge < -0.3 is 14.5 Å². The maximum atomic E-state index is 12.3. The molecule has 3 aromatic rings. The average Bonchev–Trinajstić information content (AvgIpc) is 2.94. The Morgan fingerprint density at radius 1 is 1.29 bits per heavy atom. The third-order valence-corrected chi connectivity index (χ3v) is 4.27. The molecule has 1 N–H and O–H groups in total. The van der Waals surface area contributed by atoms with Crippen LogP contribution in [0.4, 0.5) is 8.78 Å². The Balaban J connectivity index is 1.77. The summed E-state index contributed by atoms with van der Waals surface area (Å²) in [5.41, 5.74) is 3.16. The first-order valence-electron chi connectivity index (χ1n) is 7.12. The quantitative estimate of drug-likeness (QED) is 0.676. The minimum Gasteiger partial charge on any atom is -0.495 e. The monoisotopic (exact) mass is 351 g/mol. The fourth-order valence-electron chi connectivity index (χ4n) is 2.33. The molecular formula is C16H15F2N3O2S. The number of hydrogen-bond acceptors (Lipinski definition) is 5. The molecule has 24 heavy (non-hydrogen) atoms. The van der Waals surface area contributed by atoms with Gasteiger partial charge in [-0.05, 0) is 30.7 Å². The number of hydrogen-bond donors (Lipinski definition) is 1. The molecule has 126 valence electrons. The van der Waals surface area contributed by atoms with Gasteiger partial charge in [0.1, 0.15) is 11.5 Å². The van der Waals surface area contributed by atoms with Gasteiger partial charge in [-0.3, -0.25) is 4.98 Å². The van der Waals surface area contributed by atoms with Crippen molar-refractivity contribution in [3.8, 4) is 11.5 Å². The highest BCUT2D eigenvalue weighted by molar-refractivity contribution is 7.98. The number of aromatic nitrogens is 3.